The number of H-pyrrole nitrogens is 1. The highest BCUT2D eigenvalue weighted by Gasteiger charge is 2.17. The van der Waals surface area contributed by atoms with Crippen molar-refractivity contribution in [2.75, 3.05) is 23.0 Å². The zero-order valence-electron chi connectivity index (χ0n) is 19.8. The number of anilines is 3. The smallest absolute Gasteiger partial charge is 0.356 e. The number of carbonyl (C=O) groups excluding carboxylic acids is 1. The molecule has 2 aromatic heterocycles. The number of benzene rings is 3. The van der Waals surface area contributed by atoms with E-state index < -0.39 is 5.97 Å². The topological polar surface area (TPSA) is 118 Å². The maximum absolute atomic E-state index is 12.6. The highest BCUT2D eigenvalue weighted by Crippen LogP contribution is 2.25. The first-order valence-electron chi connectivity index (χ1n) is 11.7. The number of nitrogens with one attached hydrogen (secondary N) is 3. The van der Waals surface area contributed by atoms with Crippen molar-refractivity contribution in [3.63, 3.8) is 0 Å². The molecule has 0 spiro atoms. The van der Waals surface area contributed by atoms with Crippen LogP contribution in [0.1, 0.15) is 16.1 Å². The van der Waals surface area contributed by atoms with Gasteiger partial charge in [-0.15, -0.1) is 10.2 Å². The van der Waals surface area contributed by atoms with E-state index >= 15 is 0 Å². The second-order valence-electron chi connectivity index (χ2n) is 8.25. The van der Waals surface area contributed by atoms with Gasteiger partial charge in [-0.1, -0.05) is 66.7 Å². The van der Waals surface area contributed by atoms with Crippen LogP contribution in [0.3, 0.4) is 0 Å². The lowest BCUT2D eigenvalue weighted by atomic mass is 10.1. The predicted molar refractivity (Wildman–Crippen MR) is 150 cm³/mol. The second-order valence-corrected chi connectivity index (χ2v) is 8.66. The van der Waals surface area contributed by atoms with Gasteiger partial charge in [0.25, 0.3) is 0 Å². The van der Waals surface area contributed by atoms with Crippen LogP contribution in [0, 0.1) is 0 Å². The van der Waals surface area contributed by atoms with E-state index in [1.54, 1.807) is 0 Å². The maximum atomic E-state index is 12.6. The SMILES string of the molecule is Nc1c(C(=O)OCCc2ccccc2NC(=S)Nc2ccc(-c3ccccc3)nn2)[nH]c2ccccc12. The molecule has 0 aliphatic heterocycles. The fourth-order valence-corrected chi connectivity index (χ4v) is 4.16. The minimum Gasteiger partial charge on any atom is -0.461 e. The minimum atomic E-state index is -0.492. The largest absolute Gasteiger partial charge is 0.461 e. The van der Waals surface area contributed by atoms with Crippen molar-refractivity contribution in [1.82, 2.24) is 15.2 Å². The molecule has 5 aromatic rings. The quantitative estimate of drug-likeness (QED) is 0.170. The normalized spacial score (nSPS) is 10.7. The first-order valence-corrected chi connectivity index (χ1v) is 12.1. The number of rotatable bonds is 7. The maximum Gasteiger partial charge on any atom is 0.356 e. The molecule has 0 aliphatic rings. The number of ether oxygens (including phenoxy) is 1. The van der Waals surface area contributed by atoms with Crippen molar-refractivity contribution < 1.29 is 9.53 Å². The van der Waals surface area contributed by atoms with Crippen LogP contribution in [0.4, 0.5) is 17.2 Å². The van der Waals surface area contributed by atoms with Gasteiger partial charge in [0, 0.05) is 28.6 Å². The molecule has 184 valence electrons. The molecule has 2 heterocycles. The van der Waals surface area contributed by atoms with Crippen molar-refractivity contribution in [2.24, 2.45) is 0 Å². The Morgan fingerprint density at radius 1 is 0.892 bits per heavy atom. The summed E-state index contributed by atoms with van der Waals surface area (Å²) in [6.07, 6.45) is 0.489. The number of aromatic nitrogens is 3. The third kappa shape index (κ3) is 5.57. The monoisotopic (exact) mass is 508 g/mol. The molecule has 3 aromatic carbocycles. The van der Waals surface area contributed by atoms with Gasteiger partial charge < -0.3 is 26.1 Å². The van der Waals surface area contributed by atoms with Crippen LogP contribution in [0.5, 0.6) is 0 Å². The fourth-order valence-electron chi connectivity index (χ4n) is 3.94. The summed E-state index contributed by atoms with van der Waals surface area (Å²) >= 11 is 5.47. The van der Waals surface area contributed by atoms with Gasteiger partial charge in [0.2, 0.25) is 0 Å². The standard InChI is InChI=1S/C28H24N6O2S/c29-25-20-11-5-7-13-23(20)30-26(25)27(35)36-17-16-19-10-4-6-12-21(19)31-28(37)32-24-15-14-22(33-34-24)18-8-2-1-3-9-18/h1-15,30H,16-17,29H2,(H2,31,32,34,37). The number of thiocarbonyl (C=S) groups is 1. The molecule has 0 atom stereocenters. The summed E-state index contributed by atoms with van der Waals surface area (Å²) in [4.78, 5) is 15.7. The first kappa shape index (κ1) is 24.0. The van der Waals surface area contributed by atoms with Crippen molar-refractivity contribution in [3.8, 4) is 11.3 Å². The van der Waals surface area contributed by atoms with Gasteiger partial charge in [-0.25, -0.2) is 4.79 Å². The Morgan fingerprint density at radius 2 is 1.65 bits per heavy atom. The lowest BCUT2D eigenvalue weighted by Gasteiger charge is -2.14. The molecule has 0 unspecified atom stereocenters. The Morgan fingerprint density at radius 3 is 2.43 bits per heavy atom. The fraction of sp³-hybridized carbons (Fsp3) is 0.0714. The van der Waals surface area contributed by atoms with Crippen LogP contribution >= 0.6 is 12.2 Å². The summed E-state index contributed by atoms with van der Waals surface area (Å²) in [5.41, 5.74) is 11.1. The summed E-state index contributed by atoms with van der Waals surface area (Å²) in [5, 5.41) is 15.9. The van der Waals surface area contributed by atoms with Crippen LogP contribution in [0.15, 0.2) is 91.0 Å². The van der Waals surface area contributed by atoms with Crippen molar-refractivity contribution in [1.29, 1.82) is 0 Å². The molecule has 0 saturated heterocycles. The zero-order valence-corrected chi connectivity index (χ0v) is 20.6. The zero-order chi connectivity index (χ0) is 25.6. The molecular formula is C28H24N6O2S. The third-order valence-corrected chi connectivity index (χ3v) is 6.00. The number of nitrogens with two attached hydrogens (primary N) is 1. The van der Waals surface area contributed by atoms with Gasteiger partial charge in [0.05, 0.1) is 18.0 Å². The van der Waals surface area contributed by atoms with E-state index in [4.69, 9.17) is 22.7 Å². The van der Waals surface area contributed by atoms with Gasteiger partial charge in [0.1, 0.15) is 5.69 Å². The Balaban J connectivity index is 1.18. The van der Waals surface area contributed by atoms with Gasteiger partial charge in [-0.05, 0) is 42.0 Å². The lowest BCUT2D eigenvalue weighted by Crippen LogP contribution is -2.21. The van der Waals surface area contributed by atoms with E-state index in [1.165, 1.54) is 0 Å². The van der Waals surface area contributed by atoms with E-state index in [-0.39, 0.29) is 12.3 Å². The summed E-state index contributed by atoms with van der Waals surface area (Å²) in [7, 11) is 0. The van der Waals surface area contributed by atoms with Crippen LogP contribution in [-0.4, -0.2) is 32.9 Å². The molecule has 5 N–H and O–H groups in total. The number of carbonyl (C=O) groups is 1. The molecule has 8 nitrogen and oxygen atoms in total. The minimum absolute atomic E-state index is 0.180. The number of fused-ring (bicyclic) bond motifs is 1. The van der Waals surface area contributed by atoms with Gasteiger partial charge >= 0.3 is 5.97 Å². The molecule has 0 saturated carbocycles. The lowest BCUT2D eigenvalue weighted by molar-refractivity contribution is 0.0505. The molecular weight excluding hydrogens is 484 g/mol. The number of nitrogen functional groups attached to an aromatic ring is 1. The number of para-hydroxylation sites is 2. The first-order chi connectivity index (χ1) is 18.1. The van der Waals surface area contributed by atoms with E-state index in [1.807, 2.05) is 91.0 Å². The van der Waals surface area contributed by atoms with E-state index in [0.717, 1.165) is 33.4 Å². The summed E-state index contributed by atoms with van der Waals surface area (Å²) in [6, 6.07) is 28.7. The highest BCUT2D eigenvalue weighted by molar-refractivity contribution is 7.80. The molecule has 0 bridgehead atoms. The molecule has 9 heteroatoms. The van der Waals surface area contributed by atoms with E-state index in [2.05, 4.69) is 25.8 Å². The number of nitrogens with zero attached hydrogens (tertiary/aromatic N) is 2. The van der Waals surface area contributed by atoms with Crippen molar-refractivity contribution >= 4 is 51.4 Å². The number of hydrogen-bond acceptors (Lipinski definition) is 6. The molecule has 37 heavy (non-hydrogen) atoms. The number of aromatic amines is 1. The Bertz CT molecular complexity index is 1550. The van der Waals surface area contributed by atoms with Gasteiger partial charge in [-0.3, -0.25) is 0 Å². The number of hydrogen-bond donors (Lipinski definition) is 4. The summed E-state index contributed by atoms with van der Waals surface area (Å²) in [5.74, 6) is 0.0355. The Kier molecular flexibility index (Phi) is 7.05. The van der Waals surface area contributed by atoms with E-state index in [0.29, 0.717) is 23.0 Å². The van der Waals surface area contributed by atoms with E-state index in [9.17, 15) is 4.79 Å². The summed E-state index contributed by atoms with van der Waals surface area (Å²) in [6.45, 7) is 0.180. The van der Waals surface area contributed by atoms with Crippen molar-refractivity contribution in [2.45, 2.75) is 6.42 Å². The second kappa shape index (κ2) is 10.9. The molecule has 0 amide bonds. The molecule has 0 aliphatic carbocycles. The Hall–Kier alpha value is -4.76. The van der Waals surface area contributed by atoms with Crippen LogP contribution in [-0.2, 0) is 11.2 Å². The van der Waals surface area contributed by atoms with Crippen LogP contribution in [0.2, 0.25) is 0 Å². The molecule has 0 radical (unpaired) electrons. The van der Waals surface area contributed by atoms with Gasteiger partial charge in [-0.2, -0.15) is 0 Å². The Labute approximate surface area is 218 Å². The highest BCUT2D eigenvalue weighted by atomic mass is 32.1. The number of esters is 1. The summed E-state index contributed by atoms with van der Waals surface area (Å²) < 4.78 is 5.50. The third-order valence-electron chi connectivity index (χ3n) is 5.80. The van der Waals surface area contributed by atoms with Crippen molar-refractivity contribution in [3.05, 3.63) is 102 Å². The molecule has 0 fully saturated rings. The van der Waals surface area contributed by atoms with Gasteiger partial charge in [0.15, 0.2) is 10.9 Å². The van der Waals surface area contributed by atoms with Crippen LogP contribution < -0.4 is 16.4 Å². The average Bonchev–Trinajstić information content (AvgIpc) is 3.27. The average molecular weight is 509 g/mol. The molecule has 5 rings (SSSR count). The predicted octanol–water partition coefficient (Wildman–Crippen LogP) is 5.42. The van der Waals surface area contributed by atoms with Crippen LogP contribution in [0.25, 0.3) is 22.2 Å².